The van der Waals surface area contributed by atoms with E-state index in [1.54, 1.807) is 30.5 Å². The SMILES string of the molecule is C=CC(=O)N1CC2(CC2)N(c2onc(-c3c(F)cccc3Cl)c2C(=O)n2ccc3c(/C=C/C(=O)O)cccc32)C[C@H]1CC. The number of nitrogens with zero attached hydrogens (tertiary/aromatic N) is 4. The highest BCUT2D eigenvalue weighted by atomic mass is 35.5. The van der Waals surface area contributed by atoms with Crippen LogP contribution in [0, 0.1) is 5.82 Å². The van der Waals surface area contributed by atoms with Crippen molar-refractivity contribution in [2.75, 3.05) is 18.0 Å². The lowest BCUT2D eigenvalue weighted by Gasteiger charge is -2.46. The summed E-state index contributed by atoms with van der Waals surface area (Å²) in [5.41, 5.74) is 0.620. The predicted octanol–water partition coefficient (Wildman–Crippen LogP) is 6.02. The maximum atomic E-state index is 15.3. The zero-order valence-electron chi connectivity index (χ0n) is 23.3. The molecule has 1 amide bonds. The number of carbonyl (C=O) groups excluding carboxylic acids is 2. The number of carbonyl (C=O) groups is 3. The van der Waals surface area contributed by atoms with Crippen LogP contribution in [0.5, 0.6) is 0 Å². The predicted molar refractivity (Wildman–Crippen MR) is 161 cm³/mol. The maximum absolute atomic E-state index is 15.3. The number of carboxylic acids is 1. The van der Waals surface area contributed by atoms with Crippen LogP contribution in [0.4, 0.5) is 10.3 Å². The summed E-state index contributed by atoms with van der Waals surface area (Å²) in [5, 5.41) is 14.1. The molecule has 3 heterocycles. The molecule has 0 unspecified atom stereocenters. The number of aromatic nitrogens is 2. The Balaban J connectivity index is 1.52. The van der Waals surface area contributed by atoms with Gasteiger partial charge in [0.2, 0.25) is 11.8 Å². The number of fused-ring (bicyclic) bond motifs is 1. The molecule has 1 atom stereocenters. The molecular formula is C32H28ClFN4O5. The minimum Gasteiger partial charge on any atom is -0.478 e. The van der Waals surface area contributed by atoms with Gasteiger partial charge in [-0.05, 0) is 61.2 Å². The molecule has 6 rings (SSSR count). The summed E-state index contributed by atoms with van der Waals surface area (Å²) in [7, 11) is 0. The molecule has 2 aromatic heterocycles. The Bertz CT molecular complexity index is 1800. The quantitative estimate of drug-likeness (QED) is 0.258. The van der Waals surface area contributed by atoms with E-state index in [1.165, 1.54) is 34.9 Å². The van der Waals surface area contributed by atoms with Crippen LogP contribution in [0.25, 0.3) is 28.2 Å². The highest BCUT2D eigenvalue weighted by molar-refractivity contribution is 6.33. The van der Waals surface area contributed by atoms with Gasteiger partial charge in [-0.15, -0.1) is 0 Å². The minimum absolute atomic E-state index is 0.0275. The van der Waals surface area contributed by atoms with Gasteiger partial charge in [-0.1, -0.05) is 48.5 Å². The van der Waals surface area contributed by atoms with E-state index in [0.29, 0.717) is 36.0 Å². The number of hydrogen-bond acceptors (Lipinski definition) is 6. The molecule has 2 aliphatic rings. The van der Waals surface area contributed by atoms with Crippen molar-refractivity contribution in [3.63, 3.8) is 0 Å². The first-order valence-electron chi connectivity index (χ1n) is 13.9. The maximum Gasteiger partial charge on any atom is 0.328 e. The van der Waals surface area contributed by atoms with Gasteiger partial charge in [0.1, 0.15) is 17.1 Å². The molecular weight excluding hydrogens is 575 g/mol. The first-order valence-corrected chi connectivity index (χ1v) is 14.3. The Morgan fingerprint density at radius 1 is 1.21 bits per heavy atom. The van der Waals surface area contributed by atoms with E-state index >= 15 is 4.39 Å². The number of piperazine rings is 1. The highest BCUT2D eigenvalue weighted by Crippen LogP contribution is 2.50. The fourth-order valence-corrected chi connectivity index (χ4v) is 6.23. The fourth-order valence-electron chi connectivity index (χ4n) is 5.98. The Labute approximate surface area is 251 Å². The van der Waals surface area contributed by atoms with Crippen molar-refractivity contribution in [2.45, 2.75) is 37.8 Å². The molecule has 11 heteroatoms. The van der Waals surface area contributed by atoms with Crippen molar-refractivity contribution in [3.05, 3.63) is 89.4 Å². The molecule has 1 saturated carbocycles. The summed E-state index contributed by atoms with van der Waals surface area (Å²) >= 11 is 6.46. The second-order valence-corrected chi connectivity index (χ2v) is 11.2. The molecule has 1 saturated heterocycles. The van der Waals surface area contributed by atoms with E-state index in [0.717, 1.165) is 18.9 Å². The van der Waals surface area contributed by atoms with E-state index in [2.05, 4.69) is 11.7 Å². The molecule has 1 spiro atoms. The third kappa shape index (κ3) is 4.81. The third-order valence-electron chi connectivity index (χ3n) is 8.35. The van der Waals surface area contributed by atoms with Gasteiger partial charge in [0, 0.05) is 36.8 Å². The second kappa shape index (κ2) is 10.9. The van der Waals surface area contributed by atoms with E-state index in [9.17, 15) is 14.4 Å². The molecule has 220 valence electrons. The smallest absolute Gasteiger partial charge is 0.328 e. The van der Waals surface area contributed by atoms with Crippen LogP contribution in [-0.2, 0) is 9.59 Å². The standard InChI is InChI=1S/C32H28ClFN4O5/c1-3-20-17-38(32(14-15-32)18-37(20)25(39)4-2)31-28(29(35-43-31)27-22(33)8-6-9-23(27)34)30(42)36-16-13-21-19(11-12-26(40)41)7-5-10-24(21)36/h4-13,16,20H,2-3,14-15,17-18H2,1H3,(H,40,41)/b12-11+/t20-/m1/s1. The van der Waals surface area contributed by atoms with Crippen LogP contribution >= 0.6 is 11.6 Å². The molecule has 9 nitrogen and oxygen atoms in total. The van der Waals surface area contributed by atoms with Crippen LogP contribution in [-0.4, -0.2) is 62.2 Å². The van der Waals surface area contributed by atoms with Crippen molar-refractivity contribution < 1.29 is 28.4 Å². The van der Waals surface area contributed by atoms with Gasteiger partial charge >= 0.3 is 5.97 Å². The normalized spacial score (nSPS) is 17.6. The van der Waals surface area contributed by atoms with Gasteiger partial charge in [-0.3, -0.25) is 14.2 Å². The summed E-state index contributed by atoms with van der Waals surface area (Å²) < 4.78 is 22.6. The van der Waals surface area contributed by atoms with E-state index < -0.39 is 23.2 Å². The van der Waals surface area contributed by atoms with Gasteiger partial charge in [0.15, 0.2) is 0 Å². The lowest BCUT2D eigenvalue weighted by molar-refractivity contribution is -0.131. The molecule has 0 bridgehead atoms. The third-order valence-corrected chi connectivity index (χ3v) is 8.67. The Morgan fingerprint density at radius 2 is 1.98 bits per heavy atom. The number of rotatable bonds is 7. The molecule has 2 aromatic carbocycles. The largest absolute Gasteiger partial charge is 0.478 e. The van der Waals surface area contributed by atoms with Crippen LogP contribution < -0.4 is 4.90 Å². The van der Waals surface area contributed by atoms with Gasteiger partial charge < -0.3 is 19.4 Å². The number of hydrogen-bond donors (Lipinski definition) is 1. The zero-order valence-corrected chi connectivity index (χ0v) is 24.1. The first-order chi connectivity index (χ1) is 20.7. The minimum atomic E-state index is -1.10. The van der Waals surface area contributed by atoms with Crippen molar-refractivity contribution in [1.82, 2.24) is 14.6 Å². The Morgan fingerprint density at radius 3 is 2.65 bits per heavy atom. The molecule has 0 radical (unpaired) electrons. The van der Waals surface area contributed by atoms with E-state index in [1.807, 2.05) is 16.7 Å². The molecule has 1 N–H and O–H groups in total. The topological polar surface area (TPSA) is 109 Å². The molecule has 1 aliphatic carbocycles. The Hall–Kier alpha value is -4.70. The number of carboxylic acid groups (broad SMARTS) is 1. The van der Waals surface area contributed by atoms with Crippen LogP contribution in [0.1, 0.15) is 42.1 Å². The van der Waals surface area contributed by atoms with E-state index in [-0.39, 0.29) is 39.7 Å². The molecule has 43 heavy (non-hydrogen) atoms. The van der Waals surface area contributed by atoms with Crippen molar-refractivity contribution in [2.24, 2.45) is 0 Å². The highest BCUT2D eigenvalue weighted by Gasteiger charge is 2.56. The van der Waals surface area contributed by atoms with Gasteiger partial charge in [-0.25, -0.2) is 9.18 Å². The van der Waals surface area contributed by atoms with E-state index in [4.69, 9.17) is 21.2 Å². The van der Waals surface area contributed by atoms with Gasteiger partial charge in [0.25, 0.3) is 5.91 Å². The lowest BCUT2D eigenvalue weighted by atomic mass is 10.00. The zero-order chi connectivity index (χ0) is 30.5. The summed E-state index contributed by atoms with van der Waals surface area (Å²) in [5.74, 6) is -2.24. The molecule has 4 aromatic rings. The summed E-state index contributed by atoms with van der Waals surface area (Å²) in [6.07, 6.45) is 7.57. The van der Waals surface area contributed by atoms with Gasteiger partial charge in [0.05, 0.1) is 21.6 Å². The number of benzene rings is 2. The Kier molecular flexibility index (Phi) is 7.17. The molecule has 2 fully saturated rings. The van der Waals surface area contributed by atoms with Gasteiger partial charge in [-0.2, -0.15) is 0 Å². The number of amides is 1. The first kappa shape index (κ1) is 28.4. The number of anilines is 1. The van der Waals surface area contributed by atoms with Crippen LogP contribution in [0.2, 0.25) is 5.02 Å². The second-order valence-electron chi connectivity index (χ2n) is 10.8. The summed E-state index contributed by atoms with van der Waals surface area (Å²) in [6, 6.07) is 11.0. The average Bonchev–Trinajstić information content (AvgIpc) is 3.42. The fraction of sp³-hybridized carbons (Fsp3) is 0.250. The van der Waals surface area contributed by atoms with Crippen LogP contribution in [0.3, 0.4) is 0 Å². The monoisotopic (exact) mass is 602 g/mol. The summed E-state index contributed by atoms with van der Waals surface area (Å²) in [6.45, 7) is 6.45. The van der Waals surface area contributed by atoms with Crippen LogP contribution in [0.15, 0.2) is 71.9 Å². The lowest BCUT2D eigenvalue weighted by Crippen LogP contribution is -2.61. The van der Waals surface area contributed by atoms with Crippen molar-refractivity contribution in [1.29, 1.82) is 0 Å². The molecule has 1 aliphatic heterocycles. The average molecular weight is 603 g/mol. The van der Waals surface area contributed by atoms with Crippen molar-refractivity contribution in [3.8, 4) is 11.3 Å². The van der Waals surface area contributed by atoms with Crippen molar-refractivity contribution >= 4 is 52.2 Å². The summed E-state index contributed by atoms with van der Waals surface area (Å²) in [4.78, 5) is 42.2. The number of halogens is 2. The number of aliphatic carboxylic acids is 1.